The molecule has 0 spiro atoms. The van der Waals surface area contributed by atoms with E-state index in [9.17, 15) is 22.4 Å². The number of aromatic nitrogens is 5. The van der Waals surface area contributed by atoms with Crippen LogP contribution in [0.2, 0.25) is 0 Å². The molecule has 0 saturated carbocycles. The third-order valence-electron chi connectivity index (χ3n) is 5.71. The van der Waals surface area contributed by atoms with Crippen molar-refractivity contribution in [2.45, 2.75) is 12.7 Å². The summed E-state index contributed by atoms with van der Waals surface area (Å²) in [5.41, 5.74) is 0.405. The van der Waals surface area contributed by atoms with E-state index < -0.39 is 23.1 Å². The number of pyridine rings is 1. The molecular formula is C26H19F4N5O3. The van der Waals surface area contributed by atoms with Crippen molar-refractivity contribution in [3.05, 3.63) is 100 Å². The van der Waals surface area contributed by atoms with E-state index in [-0.39, 0.29) is 36.8 Å². The van der Waals surface area contributed by atoms with Gasteiger partial charge >= 0.3 is 12.2 Å². The molecule has 0 bridgehead atoms. The third kappa shape index (κ3) is 4.98. The van der Waals surface area contributed by atoms with Crippen molar-refractivity contribution in [3.63, 3.8) is 0 Å². The number of ether oxygens (including phenoxy) is 1. The van der Waals surface area contributed by atoms with E-state index in [0.717, 1.165) is 12.1 Å². The summed E-state index contributed by atoms with van der Waals surface area (Å²) in [7, 11) is 0. The van der Waals surface area contributed by atoms with Crippen LogP contribution in [0.25, 0.3) is 27.8 Å². The Balaban J connectivity index is 1.51. The maximum atomic E-state index is 14.9. The highest BCUT2D eigenvalue weighted by Crippen LogP contribution is 2.34. The monoisotopic (exact) mass is 525 g/mol. The van der Waals surface area contributed by atoms with Crippen LogP contribution < -0.4 is 10.3 Å². The first-order valence-corrected chi connectivity index (χ1v) is 11.4. The van der Waals surface area contributed by atoms with Gasteiger partial charge in [-0.3, -0.25) is 4.79 Å². The number of hydrogen-bond acceptors (Lipinski definition) is 6. The maximum absolute atomic E-state index is 14.9. The van der Waals surface area contributed by atoms with Crippen molar-refractivity contribution < 1.29 is 27.4 Å². The van der Waals surface area contributed by atoms with Crippen molar-refractivity contribution >= 4 is 10.9 Å². The third-order valence-corrected chi connectivity index (χ3v) is 5.71. The van der Waals surface area contributed by atoms with E-state index >= 15 is 0 Å². The average molecular weight is 525 g/mol. The fraction of sp³-hybridized carbons (Fsp3) is 0.154. The second-order valence-electron chi connectivity index (χ2n) is 8.22. The zero-order chi connectivity index (χ0) is 26.9. The van der Waals surface area contributed by atoms with Crippen molar-refractivity contribution in [1.82, 2.24) is 24.3 Å². The molecule has 0 unspecified atom stereocenters. The van der Waals surface area contributed by atoms with Crippen LogP contribution in [0.1, 0.15) is 11.3 Å². The highest BCUT2D eigenvalue weighted by Gasteiger charge is 2.30. The summed E-state index contributed by atoms with van der Waals surface area (Å²) in [6, 6.07) is 13.2. The quantitative estimate of drug-likeness (QED) is 0.320. The first-order chi connectivity index (χ1) is 18.2. The van der Waals surface area contributed by atoms with Crippen molar-refractivity contribution in [3.8, 4) is 23.0 Å². The highest BCUT2D eigenvalue weighted by atomic mass is 19.4. The smallest absolute Gasteiger partial charge is 0.416 e. The van der Waals surface area contributed by atoms with Gasteiger partial charge in [-0.05, 0) is 36.4 Å². The summed E-state index contributed by atoms with van der Waals surface area (Å²) in [4.78, 5) is 21.1. The van der Waals surface area contributed by atoms with Crippen LogP contribution in [0.15, 0.2) is 77.9 Å². The molecule has 12 heteroatoms. The van der Waals surface area contributed by atoms with Crippen LogP contribution in [0.3, 0.4) is 0 Å². The Bertz CT molecular complexity index is 1660. The van der Waals surface area contributed by atoms with Crippen LogP contribution in [0.5, 0.6) is 6.01 Å². The van der Waals surface area contributed by atoms with Crippen LogP contribution >= 0.6 is 0 Å². The summed E-state index contributed by atoms with van der Waals surface area (Å²) in [6.07, 6.45) is -1.50. The first kappa shape index (κ1) is 25.1. The first-order valence-electron chi connectivity index (χ1n) is 11.4. The Hall–Kier alpha value is -4.58. The predicted octanol–water partition coefficient (Wildman–Crippen LogP) is 4.22. The number of alkyl halides is 3. The van der Waals surface area contributed by atoms with Gasteiger partial charge in [0.2, 0.25) is 0 Å². The van der Waals surface area contributed by atoms with Crippen LogP contribution in [-0.2, 0) is 12.7 Å². The molecule has 3 heterocycles. The lowest BCUT2D eigenvalue weighted by Crippen LogP contribution is -2.21. The lowest BCUT2D eigenvalue weighted by Gasteiger charge is -2.09. The SMILES string of the molecule is O=c1cc(-n2nc(-c3ccc(C(F)(F)F)cc3)c3c(F)cccc32)ccn1Cc1ccnc(OCCO)n1. The zero-order valence-corrected chi connectivity index (χ0v) is 19.6. The molecule has 1 N–H and O–H groups in total. The molecule has 8 nitrogen and oxygen atoms in total. The summed E-state index contributed by atoms with van der Waals surface area (Å²) in [5.74, 6) is -0.597. The molecule has 0 amide bonds. The Morgan fingerprint density at radius 2 is 1.82 bits per heavy atom. The lowest BCUT2D eigenvalue weighted by atomic mass is 10.1. The normalized spacial score (nSPS) is 11.7. The summed E-state index contributed by atoms with van der Waals surface area (Å²) in [5, 5.41) is 13.5. The van der Waals surface area contributed by atoms with Gasteiger partial charge in [0.1, 0.15) is 18.1 Å². The van der Waals surface area contributed by atoms with Gasteiger partial charge in [0, 0.05) is 24.0 Å². The van der Waals surface area contributed by atoms with E-state index in [1.807, 2.05) is 0 Å². The van der Waals surface area contributed by atoms with Crippen LogP contribution in [0.4, 0.5) is 17.6 Å². The van der Waals surface area contributed by atoms with E-state index in [1.54, 1.807) is 18.2 Å². The number of nitrogens with zero attached hydrogens (tertiary/aromatic N) is 5. The number of hydrogen-bond donors (Lipinski definition) is 1. The van der Waals surface area contributed by atoms with Crippen molar-refractivity contribution in [2.24, 2.45) is 0 Å². The van der Waals surface area contributed by atoms with E-state index in [0.29, 0.717) is 22.5 Å². The minimum absolute atomic E-state index is 0.0327. The summed E-state index contributed by atoms with van der Waals surface area (Å²) >= 11 is 0. The van der Waals surface area contributed by atoms with Gasteiger partial charge in [0.05, 0.1) is 41.0 Å². The molecule has 0 aliphatic heterocycles. The molecule has 0 saturated heterocycles. The van der Waals surface area contributed by atoms with Crippen molar-refractivity contribution in [2.75, 3.05) is 13.2 Å². The van der Waals surface area contributed by atoms with Gasteiger partial charge in [-0.15, -0.1) is 0 Å². The molecule has 2 aromatic carbocycles. The fourth-order valence-electron chi connectivity index (χ4n) is 3.95. The minimum Gasteiger partial charge on any atom is -0.461 e. The van der Waals surface area contributed by atoms with Gasteiger partial charge in [-0.1, -0.05) is 18.2 Å². The number of halogens is 4. The van der Waals surface area contributed by atoms with E-state index in [1.165, 1.54) is 52.0 Å². The van der Waals surface area contributed by atoms with Gasteiger partial charge < -0.3 is 14.4 Å². The van der Waals surface area contributed by atoms with Gasteiger partial charge in [-0.2, -0.15) is 23.3 Å². The second kappa shape index (κ2) is 10.1. The molecule has 5 rings (SSSR count). The standard InChI is InChI=1S/C26H19F4N5O3/c27-20-2-1-3-21-23(20)24(16-4-6-17(7-5-16)26(28,29)30)33-35(21)19-9-11-34(22(37)14-19)15-18-8-10-31-25(32-18)38-13-12-36/h1-11,14,36H,12-13,15H2. The maximum Gasteiger partial charge on any atom is 0.416 e. The topological polar surface area (TPSA) is 95.1 Å². The molecule has 38 heavy (non-hydrogen) atoms. The zero-order valence-electron chi connectivity index (χ0n) is 19.6. The fourth-order valence-corrected chi connectivity index (χ4v) is 3.95. The number of fused-ring (bicyclic) bond motifs is 1. The minimum atomic E-state index is -4.51. The number of aliphatic hydroxyl groups excluding tert-OH is 1. The molecule has 0 radical (unpaired) electrons. The summed E-state index contributed by atoms with van der Waals surface area (Å²) in [6.45, 7) is -0.0471. The largest absolute Gasteiger partial charge is 0.461 e. The predicted molar refractivity (Wildman–Crippen MR) is 129 cm³/mol. The molecule has 0 aliphatic rings. The lowest BCUT2D eigenvalue weighted by molar-refractivity contribution is -0.137. The molecule has 3 aromatic heterocycles. The van der Waals surface area contributed by atoms with Crippen LogP contribution in [-0.4, -0.2) is 42.6 Å². The summed E-state index contributed by atoms with van der Waals surface area (Å²) < 4.78 is 61.9. The molecule has 0 fully saturated rings. The average Bonchev–Trinajstić information content (AvgIpc) is 3.29. The highest BCUT2D eigenvalue weighted by molar-refractivity contribution is 5.94. The molecule has 5 aromatic rings. The van der Waals surface area contributed by atoms with Gasteiger partial charge in [0.25, 0.3) is 5.56 Å². The van der Waals surface area contributed by atoms with E-state index in [4.69, 9.17) is 9.84 Å². The number of rotatable bonds is 7. The van der Waals surface area contributed by atoms with Gasteiger partial charge in [0.15, 0.2) is 0 Å². The molecule has 0 aliphatic carbocycles. The Morgan fingerprint density at radius 1 is 1.03 bits per heavy atom. The Labute approximate surface area is 212 Å². The molecule has 194 valence electrons. The second-order valence-corrected chi connectivity index (χ2v) is 8.22. The van der Waals surface area contributed by atoms with Crippen LogP contribution in [0, 0.1) is 5.82 Å². The van der Waals surface area contributed by atoms with Crippen molar-refractivity contribution in [1.29, 1.82) is 0 Å². The number of aliphatic hydroxyl groups is 1. The molecular weight excluding hydrogens is 506 g/mol. The van der Waals surface area contributed by atoms with E-state index in [2.05, 4.69) is 15.1 Å². The molecule has 0 atom stereocenters. The van der Waals surface area contributed by atoms with Gasteiger partial charge in [-0.25, -0.2) is 14.1 Å². The Morgan fingerprint density at radius 3 is 2.53 bits per heavy atom. The Kier molecular flexibility index (Phi) is 6.64. The number of benzene rings is 2.